The van der Waals surface area contributed by atoms with Gasteiger partial charge < -0.3 is 5.11 Å². The fourth-order valence-corrected chi connectivity index (χ4v) is 5.58. The summed E-state index contributed by atoms with van der Waals surface area (Å²) < 4.78 is 62.1. The molecular weight excluding hydrogens is 367 g/mol. The topological polar surface area (TPSA) is 57.6 Å². The summed E-state index contributed by atoms with van der Waals surface area (Å²) in [7, 11) is -3.06. The normalized spacial score (nSPS) is 29.0. The summed E-state index contributed by atoms with van der Waals surface area (Å²) in [6, 6.07) is 5.45. The molecular formula is C18H24F3NO3S. The number of likely N-dealkylation sites (tertiary alicyclic amines) is 1. The van der Waals surface area contributed by atoms with Crippen molar-refractivity contribution in [2.75, 3.05) is 31.1 Å². The van der Waals surface area contributed by atoms with E-state index in [0.717, 1.165) is 6.07 Å². The highest BCUT2D eigenvalue weighted by molar-refractivity contribution is 7.91. The minimum absolute atomic E-state index is 0.0117. The molecule has 0 aromatic heterocycles. The number of hydrogen-bond acceptors (Lipinski definition) is 4. The highest BCUT2D eigenvalue weighted by atomic mass is 32.2. The summed E-state index contributed by atoms with van der Waals surface area (Å²) in [5.74, 6) is -0.0233. The lowest BCUT2D eigenvalue weighted by atomic mass is 9.81. The molecule has 1 aromatic carbocycles. The molecule has 2 fully saturated rings. The largest absolute Gasteiger partial charge is 0.416 e. The summed E-state index contributed by atoms with van der Waals surface area (Å²) in [4.78, 5) is 2.04. The molecule has 1 atom stereocenters. The van der Waals surface area contributed by atoms with Crippen LogP contribution in [0.4, 0.5) is 13.2 Å². The van der Waals surface area contributed by atoms with Crippen LogP contribution in [0.3, 0.4) is 0 Å². The van der Waals surface area contributed by atoms with Gasteiger partial charge in [0.1, 0.15) is 0 Å². The van der Waals surface area contributed by atoms with Crippen molar-refractivity contribution in [3.05, 3.63) is 35.4 Å². The van der Waals surface area contributed by atoms with Gasteiger partial charge in [0.15, 0.2) is 9.84 Å². The maximum Gasteiger partial charge on any atom is 0.416 e. The molecule has 2 aliphatic rings. The van der Waals surface area contributed by atoms with Gasteiger partial charge in [-0.3, -0.25) is 4.90 Å². The van der Waals surface area contributed by atoms with Crippen LogP contribution in [0, 0.1) is 0 Å². The number of alkyl halides is 3. The average molecular weight is 391 g/mol. The summed E-state index contributed by atoms with van der Waals surface area (Å²) in [6.45, 7) is 3.51. The Kier molecular flexibility index (Phi) is 4.90. The van der Waals surface area contributed by atoms with Crippen LogP contribution < -0.4 is 0 Å². The fourth-order valence-electron chi connectivity index (χ4n) is 3.99. The predicted octanol–water partition coefficient (Wildman–Crippen LogP) is 2.61. The third kappa shape index (κ3) is 4.23. The molecule has 4 nitrogen and oxygen atoms in total. The van der Waals surface area contributed by atoms with Gasteiger partial charge in [-0.15, -0.1) is 0 Å². The number of halogens is 3. The highest BCUT2D eigenvalue weighted by Crippen LogP contribution is 2.38. The Morgan fingerprint density at radius 3 is 2.46 bits per heavy atom. The van der Waals surface area contributed by atoms with Crippen molar-refractivity contribution in [1.29, 1.82) is 0 Å². The van der Waals surface area contributed by atoms with Crippen LogP contribution in [0.2, 0.25) is 0 Å². The molecule has 0 bridgehead atoms. The maximum absolute atomic E-state index is 13.0. The first-order valence-electron chi connectivity index (χ1n) is 8.74. The number of rotatable bonds is 3. The van der Waals surface area contributed by atoms with E-state index in [1.807, 2.05) is 11.8 Å². The number of benzene rings is 1. The zero-order chi connectivity index (χ0) is 19.2. The zero-order valence-corrected chi connectivity index (χ0v) is 15.5. The number of β-amino-alcohol motifs (C(OH)–C–C–N with tert-alkyl or cyclic N) is 1. The van der Waals surface area contributed by atoms with Crippen molar-refractivity contribution in [2.45, 2.75) is 43.4 Å². The molecule has 26 heavy (non-hydrogen) atoms. The van der Waals surface area contributed by atoms with Gasteiger partial charge in [0, 0.05) is 18.5 Å². The third-order valence-electron chi connectivity index (χ3n) is 5.71. The Bertz CT molecular complexity index is 764. The van der Waals surface area contributed by atoms with E-state index in [2.05, 4.69) is 0 Å². The van der Waals surface area contributed by atoms with Crippen molar-refractivity contribution >= 4 is 9.84 Å². The van der Waals surface area contributed by atoms with Gasteiger partial charge >= 0.3 is 6.18 Å². The van der Waals surface area contributed by atoms with Crippen molar-refractivity contribution in [2.24, 2.45) is 0 Å². The first kappa shape index (κ1) is 19.6. The van der Waals surface area contributed by atoms with Crippen LogP contribution in [-0.2, 0) is 21.4 Å². The Morgan fingerprint density at radius 2 is 1.85 bits per heavy atom. The summed E-state index contributed by atoms with van der Waals surface area (Å²) in [5.41, 5.74) is -1.46. The molecule has 8 heteroatoms. The molecule has 2 saturated heterocycles. The zero-order valence-electron chi connectivity index (χ0n) is 14.7. The predicted molar refractivity (Wildman–Crippen MR) is 92.7 cm³/mol. The van der Waals surface area contributed by atoms with E-state index in [9.17, 15) is 26.7 Å². The van der Waals surface area contributed by atoms with Gasteiger partial charge in [-0.1, -0.05) is 25.1 Å². The van der Waals surface area contributed by atoms with Crippen LogP contribution in [0.5, 0.6) is 0 Å². The monoisotopic (exact) mass is 391 g/mol. The second kappa shape index (κ2) is 6.49. The third-order valence-corrected chi connectivity index (χ3v) is 7.37. The van der Waals surface area contributed by atoms with Crippen molar-refractivity contribution in [3.63, 3.8) is 0 Å². The lowest BCUT2D eigenvalue weighted by molar-refractivity contribution is -0.137. The second-order valence-electron chi connectivity index (χ2n) is 7.98. The highest BCUT2D eigenvalue weighted by Gasteiger charge is 2.42. The van der Waals surface area contributed by atoms with Crippen LogP contribution >= 0.6 is 0 Å². The molecule has 0 spiro atoms. The molecule has 1 aromatic rings. The maximum atomic E-state index is 13.0. The Morgan fingerprint density at radius 1 is 1.19 bits per heavy atom. The number of nitrogens with zero attached hydrogens (tertiary/aromatic N) is 1. The number of aliphatic hydroxyl groups is 1. The Hall–Kier alpha value is -1.12. The summed E-state index contributed by atoms with van der Waals surface area (Å²) in [5, 5.41) is 10.7. The van der Waals surface area contributed by atoms with Crippen LogP contribution in [-0.4, -0.2) is 55.2 Å². The van der Waals surface area contributed by atoms with E-state index in [0.29, 0.717) is 31.6 Å². The van der Waals surface area contributed by atoms with E-state index >= 15 is 0 Å². The first-order valence-corrected chi connectivity index (χ1v) is 10.6. The van der Waals surface area contributed by atoms with Crippen molar-refractivity contribution in [1.82, 2.24) is 4.90 Å². The smallest absolute Gasteiger partial charge is 0.388 e. The first-order chi connectivity index (χ1) is 11.9. The molecule has 1 N–H and O–H groups in total. The van der Waals surface area contributed by atoms with Gasteiger partial charge in [-0.25, -0.2) is 8.42 Å². The standard InChI is InChI=1S/C18H24F3NO3S/c1-16(14-3-2-4-15(11-14)18(19,20)21)5-8-22(12-16)13-17(23)6-9-26(24,25)10-7-17/h2-4,11,23H,5-10,12-13H2,1H3. The number of hydrogen-bond donors (Lipinski definition) is 1. The minimum Gasteiger partial charge on any atom is -0.388 e. The molecule has 2 aliphatic heterocycles. The number of sulfone groups is 1. The molecule has 3 rings (SSSR count). The Balaban J connectivity index is 1.70. The summed E-state index contributed by atoms with van der Waals surface area (Å²) >= 11 is 0. The van der Waals surface area contributed by atoms with Crippen molar-refractivity contribution < 1.29 is 26.7 Å². The van der Waals surface area contributed by atoms with Crippen LogP contribution in [0.1, 0.15) is 37.3 Å². The van der Waals surface area contributed by atoms with Gasteiger partial charge in [-0.2, -0.15) is 13.2 Å². The minimum atomic E-state index is -4.37. The summed E-state index contributed by atoms with van der Waals surface area (Å²) in [6.07, 6.45) is -3.24. The van der Waals surface area contributed by atoms with Gasteiger partial charge in [0.2, 0.25) is 0 Å². The van der Waals surface area contributed by atoms with Gasteiger partial charge in [-0.05, 0) is 37.4 Å². The SMILES string of the molecule is CC1(c2cccc(C(F)(F)F)c2)CCN(CC2(O)CCS(=O)(=O)CC2)C1. The molecule has 0 saturated carbocycles. The van der Waals surface area contributed by atoms with Gasteiger partial charge in [0.05, 0.1) is 22.7 Å². The molecule has 1 unspecified atom stereocenters. The molecule has 2 heterocycles. The molecule has 146 valence electrons. The Labute approximate surface area is 151 Å². The van der Waals surface area contributed by atoms with E-state index in [1.165, 1.54) is 12.1 Å². The van der Waals surface area contributed by atoms with E-state index in [-0.39, 0.29) is 24.3 Å². The van der Waals surface area contributed by atoms with Crippen molar-refractivity contribution in [3.8, 4) is 0 Å². The molecule has 0 radical (unpaired) electrons. The second-order valence-corrected chi connectivity index (χ2v) is 10.3. The lowest BCUT2D eigenvalue weighted by Crippen LogP contribution is -2.48. The fraction of sp³-hybridized carbons (Fsp3) is 0.667. The van der Waals surface area contributed by atoms with Gasteiger partial charge in [0.25, 0.3) is 0 Å². The molecule has 0 aliphatic carbocycles. The van der Waals surface area contributed by atoms with E-state index in [4.69, 9.17) is 0 Å². The molecule has 0 amide bonds. The van der Waals surface area contributed by atoms with Crippen LogP contribution in [0.25, 0.3) is 0 Å². The van der Waals surface area contributed by atoms with E-state index in [1.54, 1.807) is 6.07 Å². The quantitative estimate of drug-likeness (QED) is 0.861. The lowest BCUT2D eigenvalue weighted by Gasteiger charge is -2.36. The van der Waals surface area contributed by atoms with E-state index < -0.39 is 32.6 Å². The van der Waals surface area contributed by atoms with Crippen LogP contribution in [0.15, 0.2) is 24.3 Å². The average Bonchev–Trinajstić information content (AvgIpc) is 2.92.